The number of carbonyl (C=O) groups is 1. The molecule has 0 aliphatic rings. The first-order valence-electron chi connectivity index (χ1n) is 7.97. The van der Waals surface area contributed by atoms with E-state index in [0.29, 0.717) is 25.3 Å². The lowest BCUT2D eigenvalue weighted by atomic mass is 10.0. The van der Waals surface area contributed by atoms with Gasteiger partial charge in [-0.15, -0.1) is 0 Å². The maximum Gasteiger partial charge on any atom is 0.220 e. The lowest BCUT2D eigenvalue weighted by molar-refractivity contribution is -0.121. The van der Waals surface area contributed by atoms with Gasteiger partial charge in [0.15, 0.2) is 0 Å². The van der Waals surface area contributed by atoms with Gasteiger partial charge in [-0.1, -0.05) is 49.4 Å². The normalized spacial score (nSPS) is 12.2. The van der Waals surface area contributed by atoms with Gasteiger partial charge in [-0.2, -0.15) is 0 Å². The lowest BCUT2D eigenvalue weighted by Gasteiger charge is -2.12. The number of aromatic amines is 1. The Kier molecular flexibility index (Phi) is 4.71. The Balaban J connectivity index is 1.48. The highest BCUT2D eigenvalue weighted by Gasteiger charge is 2.09. The standard InChI is InChI=1S/C19H21N3O/c1-14(15-7-3-2-4-8-15)13-20-19(23)12-11-18-21-16-9-5-6-10-17(16)22-18/h2-10,14H,11-13H2,1H3,(H,20,23)(H,21,22). The van der Waals surface area contributed by atoms with Crippen LogP contribution in [-0.4, -0.2) is 22.4 Å². The number of carbonyl (C=O) groups excluding carboxylic acids is 1. The summed E-state index contributed by atoms with van der Waals surface area (Å²) in [6.45, 7) is 2.78. The third kappa shape index (κ3) is 3.97. The second kappa shape index (κ2) is 7.09. The Morgan fingerprint density at radius 2 is 1.87 bits per heavy atom. The van der Waals surface area contributed by atoms with E-state index < -0.39 is 0 Å². The van der Waals surface area contributed by atoms with E-state index in [9.17, 15) is 4.79 Å². The Bertz CT molecular complexity index is 746. The van der Waals surface area contributed by atoms with Crippen molar-refractivity contribution in [3.05, 3.63) is 66.0 Å². The zero-order valence-electron chi connectivity index (χ0n) is 13.3. The molecule has 1 atom stereocenters. The zero-order chi connectivity index (χ0) is 16.1. The summed E-state index contributed by atoms with van der Waals surface area (Å²) in [7, 11) is 0. The Morgan fingerprint density at radius 1 is 1.13 bits per heavy atom. The summed E-state index contributed by atoms with van der Waals surface area (Å²) in [6, 6.07) is 18.1. The van der Waals surface area contributed by atoms with E-state index in [4.69, 9.17) is 0 Å². The molecule has 0 saturated carbocycles. The number of hydrogen-bond donors (Lipinski definition) is 2. The van der Waals surface area contributed by atoms with Gasteiger partial charge in [-0.05, 0) is 23.6 Å². The Labute approximate surface area is 136 Å². The zero-order valence-corrected chi connectivity index (χ0v) is 13.3. The summed E-state index contributed by atoms with van der Waals surface area (Å²) in [4.78, 5) is 19.8. The van der Waals surface area contributed by atoms with Crippen molar-refractivity contribution in [2.24, 2.45) is 0 Å². The molecule has 0 bridgehead atoms. The van der Waals surface area contributed by atoms with Crippen molar-refractivity contribution < 1.29 is 4.79 Å². The van der Waals surface area contributed by atoms with Crippen molar-refractivity contribution in [2.75, 3.05) is 6.54 Å². The SMILES string of the molecule is CC(CNC(=O)CCc1nc2ccccc2[nH]1)c1ccccc1. The molecule has 1 heterocycles. The van der Waals surface area contributed by atoms with Gasteiger partial charge in [0, 0.05) is 19.4 Å². The summed E-state index contributed by atoms with van der Waals surface area (Å²) < 4.78 is 0. The van der Waals surface area contributed by atoms with E-state index in [-0.39, 0.29) is 5.91 Å². The number of para-hydroxylation sites is 2. The number of aryl methyl sites for hydroxylation is 1. The first-order valence-corrected chi connectivity index (χ1v) is 7.97. The molecule has 0 radical (unpaired) electrons. The second-order valence-corrected chi connectivity index (χ2v) is 5.82. The number of amides is 1. The molecule has 3 aromatic rings. The molecule has 0 aliphatic carbocycles. The smallest absolute Gasteiger partial charge is 0.220 e. The van der Waals surface area contributed by atoms with E-state index in [1.54, 1.807) is 0 Å². The van der Waals surface area contributed by atoms with Gasteiger partial charge in [0.2, 0.25) is 5.91 Å². The molecular weight excluding hydrogens is 286 g/mol. The quantitative estimate of drug-likeness (QED) is 0.733. The van der Waals surface area contributed by atoms with Gasteiger partial charge in [-0.3, -0.25) is 4.79 Å². The highest BCUT2D eigenvalue weighted by molar-refractivity contribution is 5.77. The van der Waals surface area contributed by atoms with Gasteiger partial charge in [0.1, 0.15) is 5.82 Å². The van der Waals surface area contributed by atoms with Crippen molar-refractivity contribution in [3.8, 4) is 0 Å². The van der Waals surface area contributed by atoms with Crippen LogP contribution in [-0.2, 0) is 11.2 Å². The van der Waals surface area contributed by atoms with Crippen LogP contribution < -0.4 is 5.32 Å². The highest BCUT2D eigenvalue weighted by Crippen LogP contribution is 2.13. The van der Waals surface area contributed by atoms with Crippen LogP contribution in [0.2, 0.25) is 0 Å². The molecule has 1 aromatic heterocycles. The summed E-state index contributed by atoms with van der Waals surface area (Å²) in [6.07, 6.45) is 1.07. The van der Waals surface area contributed by atoms with E-state index >= 15 is 0 Å². The van der Waals surface area contributed by atoms with Gasteiger partial charge in [0.25, 0.3) is 0 Å². The molecule has 23 heavy (non-hydrogen) atoms. The van der Waals surface area contributed by atoms with Crippen LogP contribution in [0, 0.1) is 0 Å². The minimum absolute atomic E-state index is 0.0632. The molecule has 0 aliphatic heterocycles. The molecule has 0 saturated heterocycles. The van der Waals surface area contributed by atoms with E-state index in [2.05, 4.69) is 34.3 Å². The van der Waals surface area contributed by atoms with Gasteiger partial charge in [-0.25, -0.2) is 4.98 Å². The number of benzene rings is 2. The van der Waals surface area contributed by atoms with Crippen LogP contribution in [0.3, 0.4) is 0 Å². The predicted molar refractivity (Wildman–Crippen MR) is 92.3 cm³/mol. The fourth-order valence-corrected chi connectivity index (χ4v) is 2.61. The minimum atomic E-state index is 0.0632. The number of nitrogens with one attached hydrogen (secondary N) is 2. The number of nitrogens with zero attached hydrogens (tertiary/aromatic N) is 1. The van der Waals surface area contributed by atoms with Crippen LogP contribution in [0.15, 0.2) is 54.6 Å². The molecule has 3 rings (SSSR count). The molecule has 0 fully saturated rings. The average Bonchev–Trinajstić information content (AvgIpc) is 3.01. The lowest BCUT2D eigenvalue weighted by Crippen LogP contribution is -2.27. The number of imidazole rings is 1. The molecule has 1 amide bonds. The van der Waals surface area contributed by atoms with Gasteiger partial charge < -0.3 is 10.3 Å². The van der Waals surface area contributed by atoms with Crippen molar-refractivity contribution in [3.63, 3.8) is 0 Å². The largest absolute Gasteiger partial charge is 0.355 e. The third-order valence-electron chi connectivity index (χ3n) is 4.00. The predicted octanol–water partition coefficient (Wildman–Crippen LogP) is 3.42. The highest BCUT2D eigenvalue weighted by atomic mass is 16.1. The first-order chi connectivity index (χ1) is 11.2. The van der Waals surface area contributed by atoms with E-state index in [0.717, 1.165) is 16.9 Å². The number of aromatic nitrogens is 2. The molecule has 1 unspecified atom stereocenters. The van der Waals surface area contributed by atoms with Gasteiger partial charge >= 0.3 is 0 Å². The van der Waals surface area contributed by atoms with Crippen LogP contribution in [0.4, 0.5) is 0 Å². The van der Waals surface area contributed by atoms with Crippen molar-refractivity contribution in [1.82, 2.24) is 15.3 Å². The summed E-state index contributed by atoms with van der Waals surface area (Å²) in [5.74, 6) is 1.23. The van der Waals surface area contributed by atoms with Crippen molar-refractivity contribution >= 4 is 16.9 Å². The molecule has 2 N–H and O–H groups in total. The Morgan fingerprint density at radius 3 is 2.65 bits per heavy atom. The molecule has 4 nitrogen and oxygen atoms in total. The van der Waals surface area contributed by atoms with Crippen molar-refractivity contribution in [1.29, 1.82) is 0 Å². The van der Waals surface area contributed by atoms with Crippen LogP contribution in [0.25, 0.3) is 11.0 Å². The Hall–Kier alpha value is -2.62. The van der Waals surface area contributed by atoms with Gasteiger partial charge in [0.05, 0.1) is 11.0 Å². The molecule has 4 heteroatoms. The average molecular weight is 307 g/mol. The van der Waals surface area contributed by atoms with E-state index in [1.165, 1.54) is 5.56 Å². The summed E-state index contributed by atoms with van der Waals surface area (Å²) in [5.41, 5.74) is 3.20. The number of fused-ring (bicyclic) bond motifs is 1. The third-order valence-corrected chi connectivity index (χ3v) is 4.00. The monoisotopic (exact) mass is 307 g/mol. The molecular formula is C19H21N3O. The van der Waals surface area contributed by atoms with E-state index in [1.807, 2.05) is 42.5 Å². The van der Waals surface area contributed by atoms with Crippen LogP contribution in [0.1, 0.15) is 30.7 Å². The fraction of sp³-hybridized carbons (Fsp3) is 0.263. The molecule has 0 spiro atoms. The van der Waals surface area contributed by atoms with Crippen LogP contribution >= 0.6 is 0 Å². The van der Waals surface area contributed by atoms with Crippen LogP contribution in [0.5, 0.6) is 0 Å². The fourth-order valence-electron chi connectivity index (χ4n) is 2.61. The number of hydrogen-bond acceptors (Lipinski definition) is 2. The summed E-state index contributed by atoms with van der Waals surface area (Å²) in [5, 5.41) is 3.00. The minimum Gasteiger partial charge on any atom is -0.355 e. The maximum atomic E-state index is 12.0. The molecule has 2 aromatic carbocycles. The van der Waals surface area contributed by atoms with Crippen molar-refractivity contribution in [2.45, 2.75) is 25.7 Å². The topological polar surface area (TPSA) is 57.8 Å². The number of rotatable bonds is 6. The maximum absolute atomic E-state index is 12.0. The summed E-state index contributed by atoms with van der Waals surface area (Å²) >= 11 is 0. The first kappa shape index (κ1) is 15.3. The second-order valence-electron chi connectivity index (χ2n) is 5.82. The number of H-pyrrole nitrogens is 1. The molecule has 118 valence electrons.